The molecule has 0 aliphatic carbocycles. The highest BCUT2D eigenvalue weighted by Gasteiger charge is 2.45. The summed E-state index contributed by atoms with van der Waals surface area (Å²) in [6, 6.07) is 10.5. The number of hydrogen-bond donors (Lipinski definition) is 0. The summed E-state index contributed by atoms with van der Waals surface area (Å²) in [5, 5.41) is 0. The highest BCUT2D eigenvalue weighted by Crippen LogP contribution is 2.28. The van der Waals surface area contributed by atoms with Gasteiger partial charge >= 0.3 is 6.09 Å². The van der Waals surface area contributed by atoms with Gasteiger partial charge in [-0.15, -0.1) is 0 Å². The van der Waals surface area contributed by atoms with E-state index in [-0.39, 0.29) is 30.9 Å². The van der Waals surface area contributed by atoms with Gasteiger partial charge in [0.15, 0.2) is 0 Å². The first-order valence-electron chi connectivity index (χ1n) is 9.86. The summed E-state index contributed by atoms with van der Waals surface area (Å²) in [6.07, 6.45) is -0.254. The Labute approximate surface area is 162 Å². The first kappa shape index (κ1) is 20.1. The first-order valence-corrected chi connectivity index (χ1v) is 9.86. The van der Waals surface area contributed by atoms with E-state index in [0.29, 0.717) is 13.1 Å². The predicted octanol–water partition coefficient (Wildman–Crippen LogP) is 3.15. The van der Waals surface area contributed by atoms with Crippen molar-refractivity contribution in [2.45, 2.75) is 58.0 Å². The number of hydrogen-bond acceptors (Lipinski definition) is 4. The van der Waals surface area contributed by atoms with Crippen molar-refractivity contribution in [1.29, 1.82) is 0 Å². The van der Waals surface area contributed by atoms with Crippen LogP contribution in [0.5, 0.6) is 0 Å². The van der Waals surface area contributed by atoms with Gasteiger partial charge in [-0.2, -0.15) is 0 Å². The van der Waals surface area contributed by atoms with Crippen LogP contribution in [0.3, 0.4) is 0 Å². The normalized spacial score (nSPS) is 27.3. The number of rotatable bonds is 4. The number of alkyl halides is 1. The van der Waals surface area contributed by atoms with E-state index in [1.165, 1.54) is 5.56 Å². The Balaban J connectivity index is 1.54. The molecule has 0 radical (unpaired) electrons. The summed E-state index contributed by atoms with van der Waals surface area (Å²) in [5.41, 5.74) is 0.738. The predicted molar refractivity (Wildman–Crippen MR) is 104 cm³/mol. The second-order valence-electron chi connectivity index (χ2n) is 8.70. The van der Waals surface area contributed by atoms with Gasteiger partial charge in [0.25, 0.3) is 0 Å². The van der Waals surface area contributed by atoms with Crippen molar-refractivity contribution in [2.75, 3.05) is 32.9 Å². The van der Waals surface area contributed by atoms with Gasteiger partial charge in [-0.25, -0.2) is 9.18 Å². The Morgan fingerprint density at radius 1 is 1.19 bits per heavy atom. The van der Waals surface area contributed by atoms with Gasteiger partial charge in [0.2, 0.25) is 0 Å². The average molecular weight is 378 g/mol. The minimum absolute atomic E-state index is 0.0956. The summed E-state index contributed by atoms with van der Waals surface area (Å²) in [5.74, 6) is 0. The Morgan fingerprint density at radius 3 is 2.48 bits per heavy atom. The van der Waals surface area contributed by atoms with Crippen LogP contribution < -0.4 is 0 Å². The van der Waals surface area contributed by atoms with E-state index in [1.54, 1.807) is 4.90 Å². The molecule has 2 heterocycles. The quantitative estimate of drug-likeness (QED) is 0.808. The van der Waals surface area contributed by atoms with E-state index >= 15 is 0 Å². The summed E-state index contributed by atoms with van der Waals surface area (Å²) in [6.45, 7) is 11.3. The molecule has 6 heteroatoms. The molecular weight excluding hydrogens is 345 g/mol. The molecule has 3 atom stereocenters. The fourth-order valence-corrected chi connectivity index (χ4v) is 3.96. The molecule has 1 unspecified atom stereocenters. The Kier molecular flexibility index (Phi) is 6.06. The molecule has 1 amide bonds. The number of benzene rings is 1. The van der Waals surface area contributed by atoms with Crippen molar-refractivity contribution in [3.63, 3.8) is 0 Å². The van der Waals surface area contributed by atoms with Crippen LogP contribution in [-0.4, -0.2) is 77.4 Å². The molecule has 1 aromatic rings. The van der Waals surface area contributed by atoms with Gasteiger partial charge in [-0.3, -0.25) is 9.80 Å². The average Bonchev–Trinajstić information content (AvgIpc) is 2.61. The number of amides is 1. The van der Waals surface area contributed by atoms with E-state index in [2.05, 4.69) is 28.9 Å². The van der Waals surface area contributed by atoms with Gasteiger partial charge in [-0.1, -0.05) is 30.3 Å². The summed E-state index contributed by atoms with van der Waals surface area (Å²) in [4.78, 5) is 18.6. The van der Waals surface area contributed by atoms with Gasteiger partial charge in [0.05, 0.1) is 6.04 Å². The van der Waals surface area contributed by atoms with Crippen LogP contribution >= 0.6 is 0 Å². The van der Waals surface area contributed by atoms with Crippen LogP contribution in [0, 0.1) is 0 Å². The fraction of sp³-hybridized carbons (Fsp3) is 0.667. The van der Waals surface area contributed by atoms with Crippen LogP contribution in [0.4, 0.5) is 9.18 Å². The summed E-state index contributed by atoms with van der Waals surface area (Å²) in [7, 11) is 0. The second-order valence-corrected chi connectivity index (χ2v) is 8.70. The van der Waals surface area contributed by atoms with Crippen LogP contribution in [0.2, 0.25) is 0 Å². The standard InChI is InChI=1S/C21H32FN3O2/c1-16-19(15-25(16)20(26)27-21(2,3)4)24-11-10-23(18(12-22)14-24)13-17-8-6-5-7-9-17/h5-9,16,18-19H,10-15H2,1-4H3/t16-,18-,19?/m1/s1. The largest absolute Gasteiger partial charge is 0.444 e. The number of carbonyl (C=O) groups is 1. The monoisotopic (exact) mass is 377 g/mol. The van der Waals surface area contributed by atoms with E-state index < -0.39 is 5.60 Å². The first-order chi connectivity index (χ1) is 12.8. The third-order valence-electron chi connectivity index (χ3n) is 5.57. The number of ether oxygens (including phenoxy) is 1. The molecule has 2 saturated heterocycles. The highest BCUT2D eigenvalue weighted by molar-refractivity contribution is 5.70. The molecule has 2 aliphatic rings. The number of nitrogens with zero attached hydrogens (tertiary/aromatic N) is 3. The Morgan fingerprint density at radius 2 is 1.89 bits per heavy atom. The topological polar surface area (TPSA) is 36.0 Å². The van der Waals surface area contributed by atoms with E-state index in [4.69, 9.17) is 4.74 Å². The maximum absolute atomic E-state index is 13.7. The van der Waals surface area contributed by atoms with Crippen molar-refractivity contribution in [2.24, 2.45) is 0 Å². The lowest BCUT2D eigenvalue weighted by molar-refractivity contribution is -0.0651. The molecule has 27 heavy (non-hydrogen) atoms. The SMILES string of the molecule is C[C@@H]1C(N2CCN(Cc3ccccc3)[C@H](CF)C2)CN1C(=O)OC(C)(C)C. The van der Waals surface area contributed by atoms with E-state index in [9.17, 15) is 9.18 Å². The van der Waals surface area contributed by atoms with Crippen molar-refractivity contribution >= 4 is 6.09 Å². The van der Waals surface area contributed by atoms with Gasteiger partial charge in [0.1, 0.15) is 12.3 Å². The fourth-order valence-electron chi connectivity index (χ4n) is 3.96. The van der Waals surface area contributed by atoms with Crippen LogP contribution in [-0.2, 0) is 11.3 Å². The minimum atomic E-state index is -0.482. The maximum atomic E-state index is 13.7. The third kappa shape index (κ3) is 4.79. The lowest BCUT2D eigenvalue weighted by Gasteiger charge is -2.53. The third-order valence-corrected chi connectivity index (χ3v) is 5.57. The van der Waals surface area contributed by atoms with Crippen molar-refractivity contribution in [1.82, 2.24) is 14.7 Å². The lowest BCUT2D eigenvalue weighted by atomic mass is 9.95. The van der Waals surface area contributed by atoms with Gasteiger partial charge in [0, 0.05) is 44.8 Å². The maximum Gasteiger partial charge on any atom is 0.410 e. The molecule has 150 valence electrons. The van der Waals surface area contributed by atoms with Crippen LogP contribution in [0.1, 0.15) is 33.3 Å². The van der Waals surface area contributed by atoms with Crippen molar-refractivity contribution in [3.05, 3.63) is 35.9 Å². The molecule has 0 bridgehead atoms. The minimum Gasteiger partial charge on any atom is -0.444 e. The number of likely N-dealkylation sites (tertiary alicyclic amines) is 1. The zero-order valence-corrected chi connectivity index (χ0v) is 16.9. The van der Waals surface area contributed by atoms with Crippen molar-refractivity contribution < 1.29 is 13.9 Å². The zero-order valence-electron chi connectivity index (χ0n) is 16.9. The summed E-state index contributed by atoms with van der Waals surface area (Å²) >= 11 is 0. The number of piperazine rings is 1. The molecule has 0 aromatic heterocycles. The molecule has 1 aromatic carbocycles. The molecule has 0 spiro atoms. The molecule has 2 aliphatic heterocycles. The zero-order chi connectivity index (χ0) is 19.6. The van der Waals surface area contributed by atoms with Crippen molar-refractivity contribution in [3.8, 4) is 0 Å². The molecule has 0 saturated carbocycles. The number of carbonyl (C=O) groups excluding carboxylic acids is 1. The molecule has 3 rings (SSSR count). The second kappa shape index (κ2) is 8.15. The number of halogens is 1. The van der Waals surface area contributed by atoms with Gasteiger partial charge < -0.3 is 9.64 Å². The lowest BCUT2D eigenvalue weighted by Crippen LogP contribution is -2.70. The van der Waals surface area contributed by atoms with Gasteiger partial charge in [-0.05, 0) is 33.3 Å². The van der Waals surface area contributed by atoms with Crippen LogP contribution in [0.25, 0.3) is 0 Å². The van der Waals surface area contributed by atoms with E-state index in [1.807, 2.05) is 39.0 Å². The molecular formula is C21H32FN3O2. The summed E-state index contributed by atoms with van der Waals surface area (Å²) < 4.78 is 19.2. The molecule has 0 N–H and O–H groups in total. The Hall–Kier alpha value is -1.66. The highest BCUT2D eigenvalue weighted by atomic mass is 19.1. The van der Waals surface area contributed by atoms with Crippen LogP contribution in [0.15, 0.2) is 30.3 Å². The molecule has 5 nitrogen and oxygen atoms in total. The Bertz CT molecular complexity index is 634. The smallest absolute Gasteiger partial charge is 0.410 e. The molecule has 2 fully saturated rings. The van der Waals surface area contributed by atoms with E-state index in [0.717, 1.165) is 19.6 Å².